The minimum atomic E-state index is -1.72. The summed E-state index contributed by atoms with van der Waals surface area (Å²) in [4.78, 5) is 2.08. The van der Waals surface area contributed by atoms with Gasteiger partial charge in [-0.1, -0.05) is 71.1 Å². The van der Waals surface area contributed by atoms with Gasteiger partial charge in [0, 0.05) is 47.6 Å². The van der Waals surface area contributed by atoms with Gasteiger partial charge in [0.1, 0.15) is 8.07 Å². The van der Waals surface area contributed by atoms with Crippen LogP contribution in [0, 0.1) is 35.1 Å². The molecule has 0 saturated carbocycles. The second-order valence-electron chi connectivity index (χ2n) is 10.7. The van der Waals surface area contributed by atoms with Crippen molar-refractivity contribution in [2.45, 2.75) is 58.2 Å². The molecule has 0 heterocycles. The van der Waals surface area contributed by atoms with E-state index < -0.39 is 8.07 Å². The molecule has 0 saturated heterocycles. The Morgan fingerprint density at radius 3 is 1.00 bits per heavy atom. The summed E-state index contributed by atoms with van der Waals surface area (Å²) in [7, 11) is 2.35. The molecule has 0 atom stereocenters. The molecular weight excluding hydrogens is 462 g/mol. The van der Waals surface area contributed by atoms with E-state index in [2.05, 4.69) is 130 Å². The van der Waals surface area contributed by atoms with Crippen molar-refractivity contribution in [3.63, 3.8) is 0 Å². The molecule has 0 aromatic heterocycles. The predicted molar refractivity (Wildman–Crippen MR) is 164 cm³/mol. The molecule has 0 aliphatic carbocycles. The molecule has 0 bridgehead atoms. The van der Waals surface area contributed by atoms with Crippen LogP contribution in [0.4, 0.5) is 5.69 Å². The number of hydrogen-bond acceptors (Lipinski definition) is 1. The first-order chi connectivity index (χ1) is 17.6. The molecule has 0 spiro atoms. The molecule has 0 aliphatic heterocycles. The summed E-state index contributed by atoms with van der Waals surface area (Å²) < 4.78 is 0. The molecule has 0 radical (unpaired) electrons. The van der Waals surface area contributed by atoms with Crippen LogP contribution in [0.15, 0.2) is 72.8 Å². The minimum Gasteiger partial charge on any atom is -0.378 e. The van der Waals surface area contributed by atoms with Gasteiger partial charge < -0.3 is 4.90 Å². The summed E-state index contributed by atoms with van der Waals surface area (Å²) in [6, 6.07) is 24.7. The largest absolute Gasteiger partial charge is 0.378 e. The highest BCUT2D eigenvalue weighted by atomic mass is 28.3. The number of anilines is 1. The van der Waals surface area contributed by atoms with E-state index in [4.69, 9.17) is 0 Å². The minimum absolute atomic E-state index is 0.636. The third-order valence-electron chi connectivity index (χ3n) is 7.15. The molecule has 2 heteroatoms. The first-order valence-electron chi connectivity index (χ1n) is 13.2. The molecule has 37 heavy (non-hydrogen) atoms. The van der Waals surface area contributed by atoms with Crippen LogP contribution in [-0.4, -0.2) is 22.2 Å². The fourth-order valence-corrected chi connectivity index (χ4v) is 10.2. The lowest BCUT2D eigenvalue weighted by Gasteiger charge is -2.38. The molecule has 0 unspecified atom stereocenters. The lowest BCUT2D eigenvalue weighted by Crippen LogP contribution is -2.43. The van der Waals surface area contributed by atoms with Crippen molar-refractivity contribution in [3.05, 3.63) is 101 Å². The van der Waals surface area contributed by atoms with Gasteiger partial charge in [-0.2, -0.15) is 0 Å². The zero-order chi connectivity index (χ0) is 27.0. The highest BCUT2D eigenvalue weighted by Gasteiger charge is 2.41. The van der Waals surface area contributed by atoms with Gasteiger partial charge in [0.25, 0.3) is 0 Å². The molecule has 0 amide bonds. The Bertz CT molecular complexity index is 1330. The maximum absolute atomic E-state index is 3.80. The predicted octanol–water partition coefficient (Wildman–Crippen LogP) is 8.12. The van der Waals surface area contributed by atoms with Crippen LogP contribution in [0.3, 0.4) is 0 Å². The van der Waals surface area contributed by atoms with Crippen molar-refractivity contribution in [3.8, 4) is 35.1 Å². The Morgan fingerprint density at radius 1 is 0.459 bits per heavy atom. The van der Waals surface area contributed by atoms with Gasteiger partial charge in [0.2, 0.25) is 0 Å². The number of hydrogen-bond donors (Lipinski definition) is 0. The summed E-state index contributed by atoms with van der Waals surface area (Å²) >= 11 is 0. The standard InChI is InChI=1S/C35H39NSi/c1-27(2)37(28(3)4,29(5)6)26-25-34-19-17-32(18-20-34)14-13-30-9-11-31(12-10-30)15-16-33-21-23-35(24-22-33)36(7)8/h9-12,17-24,27-29H,1-8H3. The van der Waals surface area contributed by atoms with Crippen molar-refractivity contribution < 1.29 is 0 Å². The van der Waals surface area contributed by atoms with E-state index in [1.807, 2.05) is 38.4 Å². The van der Waals surface area contributed by atoms with Gasteiger partial charge in [-0.25, -0.2) is 0 Å². The first kappa shape index (κ1) is 27.9. The van der Waals surface area contributed by atoms with Crippen LogP contribution >= 0.6 is 0 Å². The van der Waals surface area contributed by atoms with E-state index in [1.54, 1.807) is 0 Å². The number of benzene rings is 3. The Balaban J connectivity index is 1.69. The second kappa shape index (κ2) is 12.5. The molecular formula is C35H39NSi. The van der Waals surface area contributed by atoms with Gasteiger partial charge in [0.05, 0.1) is 0 Å². The maximum Gasteiger partial charge on any atom is 0.146 e. The Labute approximate surface area is 226 Å². The highest BCUT2D eigenvalue weighted by Crippen LogP contribution is 2.40. The Morgan fingerprint density at radius 2 is 0.730 bits per heavy atom. The van der Waals surface area contributed by atoms with Gasteiger partial charge >= 0.3 is 0 Å². The van der Waals surface area contributed by atoms with Crippen molar-refractivity contribution in [2.24, 2.45) is 0 Å². The van der Waals surface area contributed by atoms with Crippen molar-refractivity contribution in [2.75, 3.05) is 19.0 Å². The molecule has 3 aromatic rings. The molecule has 3 rings (SSSR count). The van der Waals surface area contributed by atoms with Gasteiger partial charge in [-0.15, -0.1) is 5.54 Å². The summed E-state index contributed by atoms with van der Waals surface area (Å²) in [6.07, 6.45) is 0. The normalized spacial score (nSPS) is 10.8. The van der Waals surface area contributed by atoms with Gasteiger partial charge in [0.15, 0.2) is 0 Å². The summed E-state index contributed by atoms with van der Waals surface area (Å²) in [5.41, 5.74) is 11.9. The Kier molecular flexibility index (Phi) is 9.47. The lowest BCUT2D eigenvalue weighted by molar-refractivity contribution is 0.838. The van der Waals surface area contributed by atoms with E-state index in [0.29, 0.717) is 16.6 Å². The smallest absolute Gasteiger partial charge is 0.146 e. The summed E-state index contributed by atoms with van der Waals surface area (Å²) in [5.74, 6) is 16.5. The molecule has 0 N–H and O–H groups in total. The quantitative estimate of drug-likeness (QED) is 0.258. The summed E-state index contributed by atoms with van der Waals surface area (Å²) in [6.45, 7) is 14.1. The van der Waals surface area contributed by atoms with E-state index in [0.717, 1.165) is 27.8 Å². The zero-order valence-electron chi connectivity index (χ0n) is 23.6. The van der Waals surface area contributed by atoms with Crippen LogP contribution in [0.2, 0.25) is 16.6 Å². The lowest BCUT2D eigenvalue weighted by atomic mass is 10.1. The zero-order valence-corrected chi connectivity index (χ0v) is 24.6. The molecule has 0 fully saturated rings. The number of rotatable bonds is 4. The van der Waals surface area contributed by atoms with Crippen molar-refractivity contribution in [1.29, 1.82) is 0 Å². The van der Waals surface area contributed by atoms with E-state index in [1.165, 1.54) is 5.69 Å². The fourth-order valence-electron chi connectivity index (χ4n) is 5.02. The Hall–Kier alpha value is -3.64. The van der Waals surface area contributed by atoms with Crippen LogP contribution in [-0.2, 0) is 0 Å². The summed E-state index contributed by atoms with van der Waals surface area (Å²) in [5, 5.41) is 0. The average Bonchev–Trinajstić information content (AvgIpc) is 2.87. The fraction of sp³-hybridized carbons (Fsp3) is 0.314. The van der Waals surface area contributed by atoms with Crippen LogP contribution in [0.1, 0.15) is 69.4 Å². The van der Waals surface area contributed by atoms with Crippen molar-refractivity contribution >= 4 is 13.8 Å². The van der Waals surface area contributed by atoms with Gasteiger partial charge in [-0.05, 0) is 89.4 Å². The first-order valence-corrected chi connectivity index (χ1v) is 15.4. The molecule has 1 nitrogen and oxygen atoms in total. The molecule has 188 valence electrons. The second-order valence-corrected chi connectivity index (χ2v) is 16.3. The molecule has 3 aromatic carbocycles. The maximum atomic E-state index is 3.80. The third kappa shape index (κ3) is 7.20. The van der Waals surface area contributed by atoms with E-state index in [-0.39, 0.29) is 0 Å². The van der Waals surface area contributed by atoms with Crippen LogP contribution in [0.25, 0.3) is 0 Å². The monoisotopic (exact) mass is 501 g/mol. The average molecular weight is 502 g/mol. The van der Waals surface area contributed by atoms with Crippen molar-refractivity contribution in [1.82, 2.24) is 0 Å². The van der Waals surface area contributed by atoms with Crippen LogP contribution in [0.5, 0.6) is 0 Å². The molecule has 0 aliphatic rings. The van der Waals surface area contributed by atoms with Crippen LogP contribution < -0.4 is 4.90 Å². The van der Waals surface area contributed by atoms with E-state index in [9.17, 15) is 0 Å². The SMILES string of the molecule is CC(C)[Si](C#Cc1ccc(C#Cc2ccc(C#Cc3ccc(N(C)C)cc3)cc2)cc1)(C(C)C)C(C)C. The number of nitrogens with zero attached hydrogens (tertiary/aromatic N) is 1. The van der Waals surface area contributed by atoms with Gasteiger partial charge in [-0.3, -0.25) is 0 Å². The highest BCUT2D eigenvalue weighted by molar-refractivity contribution is 6.90. The van der Waals surface area contributed by atoms with E-state index >= 15 is 0 Å². The third-order valence-corrected chi connectivity index (χ3v) is 13.4. The topological polar surface area (TPSA) is 3.24 Å².